The minimum absolute atomic E-state index is 0.129. The Bertz CT molecular complexity index is 413. The average Bonchev–Trinajstić information content (AvgIpc) is 2.82. The molecule has 0 radical (unpaired) electrons. The summed E-state index contributed by atoms with van der Waals surface area (Å²) in [5, 5.41) is 4.46. The lowest BCUT2D eigenvalue weighted by molar-refractivity contribution is -0.117. The molecule has 0 spiro atoms. The van der Waals surface area contributed by atoms with E-state index < -0.39 is 5.97 Å². The summed E-state index contributed by atoms with van der Waals surface area (Å²) in [4.78, 5) is 23.6. The Labute approximate surface area is 110 Å². The van der Waals surface area contributed by atoms with Crippen LogP contribution >= 0.6 is 11.3 Å². The number of anilines is 1. The highest BCUT2D eigenvalue weighted by atomic mass is 32.1. The van der Waals surface area contributed by atoms with E-state index in [1.165, 1.54) is 18.4 Å². The molecule has 5 nitrogen and oxygen atoms in total. The van der Waals surface area contributed by atoms with Crippen LogP contribution in [0.3, 0.4) is 0 Å². The van der Waals surface area contributed by atoms with Gasteiger partial charge in [0.05, 0.1) is 12.8 Å². The van der Waals surface area contributed by atoms with Gasteiger partial charge in [0, 0.05) is 6.42 Å². The molecule has 0 saturated carbocycles. The van der Waals surface area contributed by atoms with Crippen molar-refractivity contribution in [1.82, 2.24) is 0 Å². The van der Waals surface area contributed by atoms with Crippen LogP contribution in [0.4, 0.5) is 5.69 Å². The molecule has 1 rings (SSSR count). The molecule has 0 bridgehead atoms. The summed E-state index contributed by atoms with van der Waals surface area (Å²) in [6, 6.07) is 1.69. The first-order valence-electron chi connectivity index (χ1n) is 5.78. The Morgan fingerprint density at radius 3 is 2.83 bits per heavy atom. The number of carbonyl (C=O) groups excluding carboxylic acids is 2. The van der Waals surface area contributed by atoms with Crippen molar-refractivity contribution in [3.05, 3.63) is 16.3 Å². The average molecular weight is 270 g/mol. The Kier molecular flexibility index (Phi) is 5.80. The summed E-state index contributed by atoms with van der Waals surface area (Å²) in [5.74, 6) is -0.396. The maximum absolute atomic E-state index is 11.8. The Morgan fingerprint density at radius 2 is 2.28 bits per heavy atom. The molecule has 0 aliphatic carbocycles. The van der Waals surface area contributed by atoms with Gasteiger partial charge >= 0.3 is 5.97 Å². The van der Waals surface area contributed by atoms with E-state index in [4.69, 9.17) is 5.73 Å². The number of esters is 1. The number of rotatable bonds is 6. The molecule has 0 aliphatic heterocycles. The first-order chi connectivity index (χ1) is 8.62. The number of nitrogens with one attached hydrogen (secondary N) is 1. The summed E-state index contributed by atoms with van der Waals surface area (Å²) in [6.45, 7) is 2.48. The molecule has 1 heterocycles. The number of hydrogen-bond acceptors (Lipinski definition) is 5. The number of methoxy groups -OCH3 is 1. The predicted molar refractivity (Wildman–Crippen MR) is 71.7 cm³/mol. The molecule has 1 amide bonds. The fourth-order valence-electron chi connectivity index (χ4n) is 1.52. The van der Waals surface area contributed by atoms with Crippen LogP contribution in [0.15, 0.2) is 11.4 Å². The van der Waals surface area contributed by atoms with Crippen molar-refractivity contribution < 1.29 is 14.3 Å². The summed E-state index contributed by atoms with van der Waals surface area (Å²) in [5.41, 5.74) is 6.06. The number of ether oxygens (including phenoxy) is 1. The van der Waals surface area contributed by atoms with E-state index in [9.17, 15) is 9.59 Å². The van der Waals surface area contributed by atoms with Crippen molar-refractivity contribution >= 4 is 28.9 Å². The number of nitrogens with two attached hydrogens (primary N) is 1. The van der Waals surface area contributed by atoms with Crippen LogP contribution in [-0.4, -0.2) is 25.5 Å². The third kappa shape index (κ3) is 3.82. The SMILES string of the molecule is CCC(CN)CC(=O)Nc1ccsc1C(=O)OC. The summed E-state index contributed by atoms with van der Waals surface area (Å²) in [6.07, 6.45) is 1.22. The highest BCUT2D eigenvalue weighted by Crippen LogP contribution is 2.23. The van der Waals surface area contributed by atoms with Crippen molar-refractivity contribution in [3.63, 3.8) is 0 Å². The van der Waals surface area contributed by atoms with E-state index in [1.54, 1.807) is 11.4 Å². The van der Waals surface area contributed by atoms with Gasteiger partial charge in [0.25, 0.3) is 0 Å². The zero-order valence-corrected chi connectivity index (χ0v) is 11.4. The van der Waals surface area contributed by atoms with Crippen LogP contribution in [0.25, 0.3) is 0 Å². The van der Waals surface area contributed by atoms with E-state index in [-0.39, 0.29) is 11.8 Å². The normalized spacial score (nSPS) is 11.9. The van der Waals surface area contributed by atoms with Crippen molar-refractivity contribution in [2.24, 2.45) is 11.7 Å². The standard InChI is InChI=1S/C12H18N2O3S/c1-3-8(7-13)6-10(15)14-9-4-5-18-11(9)12(16)17-2/h4-5,8H,3,6-7,13H2,1-2H3,(H,14,15). The fourth-order valence-corrected chi connectivity index (χ4v) is 2.28. The second-order valence-electron chi connectivity index (χ2n) is 3.92. The van der Waals surface area contributed by atoms with Crippen LogP contribution in [0, 0.1) is 5.92 Å². The minimum atomic E-state index is -0.439. The van der Waals surface area contributed by atoms with E-state index in [1.807, 2.05) is 6.92 Å². The number of carbonyl (C=O) groups is 2. The quantitative estimate of drug-likeness (QED) is 0.773. The van der Waals surface area contributed by atoms with Gasteiger partial charge in [0.2, 0.25) is 5.91 Å². The zero-order chi connectivity index (χ0) is 13.5. The van der Waals surface area contributed by atoms with Crippen LogP contribution in [0.1, 0.15) is 29.4 Å². The van der Waals surface area contributed by atoms with Crippen molar-refractivity contribution in [2.45, 2.75) is 19.8 Å². The maximum atomic E-state index is 11.8. The number of thiophene rings is 1. The van der Waals surface area contributed by atoms with E-state index >= 15 is 0 Å². The van der Waals surface area contributed by atoms with E-state index in [0.29, 0.717) is 23.5 Å². The molecule has 1 aromatic rings. The van der Waals surface area contributed by atoms with Gasteiger partial charge < -0.3 is 15.8 Å². The molecule has 6 heteroatoms. The lowest BCUT2D eigenvalue weighted by Gasteiger charge is -2.11. The monoisotopic (exact) mass is 270 g/mol. The van der Waals surface area contributed by atoms with E-state index in [2.05, 4.69) is 10.1 Å². The molecular weight excluding hydrogens is 252 g/mol. The van der Waals surface area contributed by atoms with E-state index in [0.717, 1.165) is 6.42 Å². The minimum Gasteiger partial charge on any atom is -0.465 e. The van der Waals surface area contributed by atoms with Gasteiger partial charge in [-0.3, -0.25) is 4.79 Å². The van der Waals surface area contributed by atoms with Crippen LogP contribution in [0.2, 0.25) is 0 Å². The highest BCUT2D eigenvalue weighted by molar-refractivity contribution is 7.12. The molecule has 1 unspecified atom stereocenters. The Balaban J connectivity index is 2.65. The molecular formula is C12H18N2O3S. The predicted octanol–water partition coefficient (Wildman–Crippen LogP) is 1.85. The van der Waals surface area contributed by atoms with Crippen molar-refractivity contribution in [1.29, 1.82) is 0 Å². The lowest BCUT2D eigenvalue weighted by Crippen LogP contribution is -2.22. The molecule has 100 valence electrons. The fraction of sp³-hybridized carbons (Fsp3) is 0.500. The maximum Gasteiger partial charge on any atom is 0.350 e. The van der Waals surface area contributed by atoms with Gasteiger partial charge in [-0.1, -0.05) is 13.3 Å². The first-order valence-corrected chi connectivity index (χ1v) is 6.66. The smallest absolute Gasteiger partial charge is 0.350 e. The van der Waals surface area contributed by atoms with Gasteiger partial charge in [-0.2, -0.15) is 0 Å². The second kappa shape index (κ2) is 7.13. The zero-order valence-electron chi connectivity index (χ0n) is 10.6. The number of amides is 1. The highest BCUT2D eigenvalue weighted by Gasteiger charge is 2.17. The van der Waals surface area contributed by atoms with Crippen LogP contribution < -0.4 is 11.1 Å². The van der Waals surface area contributed by atoms with Crippen molar-refractivity contribution in [2.75, 3.05) is 19.0 Å². The van der Waals surface area contributed by atoms with Gasteiger partial charge in [0.15, 0.2) is 0 Å². The summed E-state index contributed by atoms with van der Waals surface area (Å²) >= 11 is 1.24. The van der Waals surface area contributed by atoms with Crippen LogP contribution in [-0.2, 0) is 9.53 Å². The molecule has 0 aromatic carbocycles. The first kappa shape index (κ1) is 14.7. The van der Waals surface area contributed by atoms with Gasteiger partial charge in [0.1, 0.15) is 4.88 Å². The molecule has 0 saturated heterocycles. The molecule has 1 aromatic heterocycles. The van der Waals surface area contributed by atoms with Gasteiger partial charge in [-0.05, 0) is 23.9 Å². The van der Waals surface area contributed by atoms with Gasteiger partial charge in [-0.15, -0.1) is 11.3 Å². The Morgan fingerprint density at radius 1 is 1.56 bits per heavy atom. The summed E-state index contributed by atoms with van der Waals surface area (Å²) < 4.78 is 4.64. The molecule has 3 N–H and O–H groups in total. The third-order valence-corrected chi connectivity index (χ3v) is 3.59. The molecule has 0 aliphatic rings. The second-order valence-corrected chi connectivity index (χ2v) is 4.83. The molecule has 0 fully saturated rings. The molecule has 18 heavy (non-hydrogen) atoms. The lowest BCUT2D eigenvalue weighted by atomic mass is 10.0. The Hall–Kier alpha value is -1.40. The summed E-state index contributed by atoms with van der Waals surface area (Å²) in [7, 11) is 1.31. The van der Waals surface area contributed by atoms with Gasteiger partial charge in [-0.25, -0.2) is 4.79 Å². The molecule has 1 atom stereocenters. The largest absolute Gasteiger partial charge is 0.465 e. The topological polar surface area (TPSA) is 81.4 Å². The van der Waals surface area contributed by atoms with Crippen molar-refractivity contribution in [3.8, 4) is 0 Å². The number of hydrogen-bond donors (Lipinski definition) is 2. The third-order valence-electron chi connectivity index (χ3n) is 2.69. The van der Waals surface area contributed by atoms with Crippen LogP contribution in [0.5, 0.6) is 0 Å².